The van der Waals surface area contributed by atoms with Crippen LogP contribution in [0, 0.1) is 0 Å². The van der Waals surface area contributed by atoms with Gasteiger partial charge in [-0.15, -0.1) is 10.2 Å². The van der Waals surface area contributed by atoms with Crippen LogP contribution in [0.4, 0.5) is 5.69 Å². The maximum atomic E-state index is 12.4. The number of hydrogen-bond acceptors (Lipinski definition) is 3. The van der Waals surface area contributed by atoms with Crippen molar-refractivity contribution in [1.29, 1.82) is 0 Å². The molecule has 0 unspecified atom stereocenters. The highest BCUT2D eigenvalue weighted by Gasteiger charge is 2.16. The number of nitrogens with zero attached hydrogens (tertiary/aromatic N) is 3. The van der Waals surface area contributed by atoms with E-state index in [0.29, 0.717) is 5.02 Å². The van der Waals surface area contributed by atoms with Gasteiger partial charge in [0, 0.05) is 29.2 Å². The molecule has 2 aromatic carbocycles. The number of amides is 1. The van der Waals surface area contributed by atoms with Gasteiger partial charge in [0.15, 0.2) is 5.82 Å². The third kappa shape index (κ3) is 4.03. The maximum absolute atomic E-state index is 12.4. The fourth-order valence-corrected chi connectivity index (χ4v) is 3.66. The molecule has 1 N–H and O–H groups in total. The number of benzene rings is 2. The molecule has 0 radical (unpaired) electrons. The zero-order valence-corrected chi connectivity index (χ0v) is 15.7. The second-order valence-corrected chi connectivity index (χ2v) is 7.21. The summed E-state index contributed by atoms with van der Waals surface area (Å²) in [6.45, 7) is 0.945. The number of carbonyl (C=O) groups excluding carboxylic acids is 1. The Labute approximate surface area is 163 Å². The third-order valence-electron chi connectivity index (χ3n) is 4.82. The van der Waals surface area contributed by atoms with Gasteiger partial charge in [-0.2, -0.15) is 0 Å². The first kappa shape index (κ1) is 17.7. The summed E-state index contributed by atoms with van der Waals surface area (Å²) in [6.07, 6.45) is 4.75. The number of carbonyl (C=O) groups is 1. The molecule has 4 rings (SSSR count). The maximum Gasteiger partial charge on any atom is 0.228 e. The average Bonchev–Trinajstić information content (AvgIpc) is 2.92. The summed E-state index contributed by atoms with van der Waals surface area (Å²) in [5.41, 5.74) is 2.53. The average molecular weight is 381 g/mol. The Bertz CT molecular complexity index is 966. The SMILES string of the molecule is O=C(Cc1ccccc1Cl)Nc1cccc(-c2nnc3n2CCCCC3)c1. The van der Waals surface area contributed by atoms with Crippen molar-refractivity contribution in [3.63, 3.8) is 0 Å². The van der Waals surface area contributed by atoms with Gasteiger partial charge in [0.05, 0.1) is 6.42 Å². The molecule has 1 aliphatic heterocycles. The molecular weight excluding hydrogens is 360 g/mol. The highest BCUT2D eigenvalue weighted by atomic mass is 35.5. The zero-order valence-electron chi connectivity index (χ0n) is 15.0. The van der Waals surface area contributed by atoms with E-state index in [1.165, 1.54) is 6.42 Å². The number of rotatable bonds is 4. The Morgan fingerprint density at radius 3 is 2.85 bits per heavy atom. The Morgan fingerprint density at radius 1 is 1.07 bits per heavy atom. The smallest absolute Gasteiger partial charge is 0.228 e. The molecule has 0 spiro atoms. The molecule has 1 aliphatic rings. The molecule has 5 nitrogen and oxygen atoms in total. The van der Waals surface area contributed by atoms with Crippen molar-refractivity contribution >= 4 is 23.2 Å². The molecule has 6 heteroatoms. The van der Waals surface area contributed by atoms with Crippen LogP contribution in [0.1, 0.15) is 30.7 Å². The first-order valence-corrected chi connectivity index (χ1v) is 9.64. The van der Waals surface area contributed by atoms with Gasteiger partial charge >= 0.3 is 0 Å². The summed E-state index contributed by atoms with van der Waals surface area (Å²) in [5.74, 6) is 1.82. The van der Waals surface area contributed by atoms with Crippen LogP contribution in [0.5, 0.6) is 0 Å². The molecule has 0 saturated carbocycles. The number of aromatic nitrogens is 3. The van der Waals surface area contributed by atoms with Crippen molar-refractivity contribution in [1.82, 2.24) is 14.8 Å². The first-order valence-electron chi connectivity index (χ1n) is 9.26. The van der Waals surface area contributed by atoms with E-state index in [4.69, 9.17) is 11.6 Å². The molecule has 0 bridgehead atoms. The predicted molar refractivity (Wildman–Crippen MR) is 107 cm³/mol. The quantitative estimate of drug-likeness (QED) is 0.724. The highest BCUT2D eigenvalue weighted by molar-refractivity contribution is 6.31. The minimum atomic E-state index is -0.0969. The van der Waals surface area contributed by atoms with E-state index in [0.717, 1.165) is 54.3 Å². The summed E-state index contributed by atoms with van der Waals surface area (Å²) in [5, 5.41) is 12.3. The van der Waals surface area contributed by atoms with E-state index >= 15 is 0 Å². The van der Waals surface area contributed by atoms with Gasteiger partial charge in [0.2, 0.25) is 5.91 Å². The van der Waals surface area contributed by atoms with Crippen molar-refractivity contribution in [3.8, 4) is 11.4 Å². The Morgan fingerprint density at radius 2 is 1.96 bits per heavy atom. The summed E-state index contributed by atoms with van der Waals surface area (Å²) in [6, 6.07) is 15.2. The lowest BCUT2D eigenvalue weighted by atomic mass is 10.1. The van der Waals surface area contributed by atoms with Gasteiger partial charge < -0.3 is 9.88 Å². The molecule has 0 atom stereocenters. The van der Waals surface area contributed by atoms with E-state index in [9.17, 15) is 4.79 Å². The lowest BCUT2D eigenvalue weighted by molar-refractivity contribution is -0.115. The van der Waals surface area contributed by atoms with Crippen molar-refractivity contribution in [2.45, 2.75) is 38.6 Å². The summed E-state index contributed by atoms with van der Waals surface area (Å²) in [7, 11) is 0. The van der Waals surface area contributed by atoms with E-state index in [2.05, 4.69) is 20.1 Å². The number of fused-ring (bicyclic) bond motifs is 1. The predicted octanol–water partition coefficient (Wildman–Crippen LogP) is 4.51. The van der Waals surface area contributed by atoms with Crippen LogP contribution in [-0.2, 0) is 24.2 Å². The lowest BCUT2D eigenvalue weighted by Crippen LogP contribution is -2.14. The minimum Gasteiger partial charge on any atom is -0.326 e. The Kier molecular flexibility index (Phi) is 5.21. The summed E-state index contributed by atoms with van der Waals surface area (Å²) in [4.78, 5) is 12.4. The highest BCUT2D eigenvalue weighted by Crippen LogP contribution is 2.25. The monoisotopic (exact) mass is 380 g/mol. The molecular formula is C21H21ClN4O. The lowest BCUT2D eigenvalue weighted by Gasteiger charge is -2.10. The van der Waals surface area contributed by atoms with E-state index < -0.39 is 0 Å². The van der Waals surface area contributed by atoms with Gasteiger partial charge in [-0.1, -0.05) is 48.4 Å². The van der Waals surface area contributed by atoms with Crippen LogP contribution in [0.2, 0.25) is 5.02 Å². The number of anilines is 1. The largest absolute Gasteiger partial charge is 0.326 e. The molecule has 2 heterocycles. The molecule has 3 aromatic rings. The molecule has 27 heavy (non-hydrogen) atoms. The van der Waals surface area contributed by atoms with Crippen LogP contribution in [-0.4, -0.2) is 20.7 Å². The fourth-order valence-electron chi connectivity index (χ4n) is 3.45. The van der Waals surface area contributed by atoms with Crippen molar-refractivity contribution in [2.75, 3.05) is 5.32 Å². The van der Waals surface area contributed by atoms with Crippen molar-refractivity contribution < 1.29 is 4.79 Å². The number of halogens is 1. The van der Waals surface area contributed by atoms with E-state index in [1.54, 1.807) is 6.07 Å². The minimum absolute atomic E-state index is 0.0969. The number of hydrogen-bond donors (Lipinski definition) is 1. The summed E-state index contributed by atoms with van der Waals surface area (Å²) < 4.78 is 2.21. The molecule has 0 fully saturated rings. The van der Waals surface area contributed by atoms with Crippen LogP contribution in [0.3, 0.4) is 0 Å². The van der Waals surface area contributed by atoms with Gasteiger partial charge in [0.25, 0.3) is 0 Å². The van der Waals surface area contributed by atoms with Crippen LogP contribution in [0.25, 0.3) is 11.4 Å². The second kappa shape index (κ2) is 7.92. The number of nitrogens with one attached hydrogen (secondary N) is 1. The topological polar surface area (TPSA) is 59.8 Å². The number of aryl methyl sites for hydroxylation is 1. The van der Waals surface area contributed by atoms with Gasteiger partial charge in [-0.05, 0) is 36.6 Å². The van der Waals surface area contributed by atoms with Gasteiger partial charge in [0.1, 0.15) is 5.82 Å². The third-order valence-corrected chi connectivity index (χ3v) is 5.19. The summed E-state index contributed by atoms with van der Waals surface area (Å²) >= 11 is 6.15. The van der Waals surface area contributed by atoms with Crippen molar-refractivity contribution in [2.24, 2.45) is 0 Å². The molecule has 0 saturated heterocycles. The molecule has 0 aliphatic carbocycles. The standard InChI is InChI=1S/C21H21ClN4O/c22-18-10-4-3-7-15(18)14-20(27)23-17-9-6-8-16(13-17)21-25-24-19-11-2-1-5-12-26(19)21/h3-4,6-10,13H,1-2,5,11-12,14H2,(H,23,27). The van der Waals surface area contributed by atoms with Crippen LogP contribution < -0.4 is 5.32 Å². The van der Waals surface area contributed by atoms with E-state index in [1.807, 2.05) is 42.5 Å². The Hall–Kier alpha value is -2.66. The molecule has 138 valence electrons. The van der Waals surface area contributed by atoms with Gasteiger partial charge in [-0.25, -0.2) is 0 Å². The van der Waals surface area contributed by atoms with Crippen LogP contribution in [0.15, 0.2) is 48.5 Å². The zero-order chi connectivity index (χ0) is 18.6. The van der Waals surface area contributed by atoms with Crippen LogP contribution >= 0.6 is 11.6 Å². The first-order chi connectivity index (χ1) is 13.2. The van der Waals surface area contributed by atoms with Crippen molar-refractivity contribution in [3.05, 3.63) is 64.9 Å². The molecule has 1 aromatic heterocycles. The Balaban J connectivity index is 1.52. The molecule has 1 amide bonds. The normalized spacial score (nSPS) is 13.7. The second-order valence-electron chi connectivity index (χ2n) is 6.80. The van der Waals surface area contributed by atoms with Gasteiger partial charge in [-0.3, -0.25) is 4.79 Å². The van der Waals surface area contributed by atoms with E-state index in [-0.39, 0.29) is 12.3 Å². The fraction of sp³-hybridized carbons (Fsp3) is 0.286.